The highest BCUT2D eigenvalue weighted by molar-refractivity contribution is 14.0. The van der Waals surface area contributed by atoms with Crippen LogP contribution in [0, 0.1) is 17.8 Å². The number of likely N-dealkylation sites (tertiary alicyclic amines) is 1. The second-order valence-corrected chi connectivity index (χ2v) is 7.43. The zero-order chi connectivity index (χ0) is 16.1. The molecule has 0 spiro atoms. The lowest BCUT2D eigenvalue weighted by atomic mass is 9.86. The molecule has 138 valence electrons. The van der Waals surface area contributed by atoms with E-state index in [-0.39, 0.29) is 36.4 Å². The molecule has 24 heavy (non-hydrogen) atoms. The zero-order valence-electron chi connectivity index (χ0n) is 14.9. The Hall–Kier alpha value is -0.530. The molecule has 0 radical (unpaired) electrons. The van der Waals surface area contributed by atoms with Crippen LogP contribution in [0.25, 0.3) is 0 Å². The summed E-state index contributed by atoms with van der Waals surface area (Å²) in [6.07, 6.45) is 9.35. The van der Waals surface area contributed by atoms with Gasteiger partial charge in [0, 0.05) is 26.2 Å². The highest BCUT2D eigenvalue weighted by Gasteiger charge is 2.38. The maximum Gasteiger partial charge on any atom is 0.244 e. The van der Waals surface area contributed by atoms with E-state index in [1.165, 1.54) is 32.1 Å². The molecule has 3 unspecified atom stereocenters. The number of rotatable bonds is 6. The average Bonchev–Trinajstić information content (AvgIpc) is 3.29. The van der Waals surface area contributed by atoms with Crippen molar-refractivity contribution in [1.82, 2.24) is 15.5 Å². The fraction of sp³-hybridized carbons (Fsp3) is 0.889. The number of nitrogens with zero attached hydrogens (tertiary/aromatic N) is 2. The molecule has 3 atom stereocenters. The van der Waals surface area contributed by atoms with Gasteiger partial charge in [-0.15, -0.1) is 24.0 Å². The van der Waals surface area contributed by atoms with Gasteiger partial charge in [0.25, 0.3) is 0 Å². The predicted octanol–water partition coefficient (Wildman–Crippen LogP) is 2.61. The minimum Gasteiger partial charge on any atom is -0.357 e. The number of carbonyl (C=O) groups excluding carboxylic acids is 1. The summed E-state index contributed by atoms with van der Waals surface area (Å²) in [6, 6.07) is 0. The maximum atomic E-state index is 12.1. The van der Waals surface area contributed by atoms with Crippen molar-refractivity contribution < 1.29 is 4.79 Å². The minimum atomic E-state index is 0. The summed E-state index contributed by atoms with van der Waals surface area (Å²) in [5.74, 6) is 3.87. The Balaban J connectivity index is 0.00000208. The molecular formula is C18H33IN4O. The van der Waals surface area contributed by atoms with Crippen molar-refractivity contribution in [2.75, 3.05) is 32.7 Å². The molecule has 3 aliphatic rings. The van der Waals surface area contributed by atoms with E-state index in [1.807, 2.05) is 4.90 Å². The lowest BCUT2D eigenvalue weighted by Gasteiger charge is -2.22. The Morgan fingerprint density at radius 2 is 1.96 bits per heavy atom. The van der Waals surface area contributed by atoms with Crippen LogP contribution in [0.1, 0.15) is 51.9 Å². The number of aliphatic imine (C=N–C) groups is 1. The molecule has 3 fully saturated rings. The molecule has 0 aromatic carbocycles. The monoisotopic (exact) mass is 448 g/mol. The Bertz CT molecular complexity index is 437. The molecule has 1 heterocycles. The number of nitrogens with one attached hydrogen (secondary N) is 2. The molecule has 1 aliphatic heterocycles. The van der Waals surface area contributed by atoms with Crippen molar-refractivity contribution in [2.45, 2.75) is 51.9 Å². The van der Waals surface area contributed by atoms with Crippen molar-refractivity contribution >= 4 is 35.8 Å². The second-order valence-electron chi connectivity index (χ2n) is 7.43. The van der Waals surface area contributed by atoms with E-state index >= 15 is 0 Å². The van der Waals surface area contributed by atoms with Crippen molar-refractivity contribution in [3.8, 4) is 0 Å². The molecule has 6 heteroatoms. The van der Waals surface area contributed by atoms with Crippen LogP contribution in [0.4, 0.5) is 0 Å². The third-order valence-electron chi connectivity index (χ3n) is 5.87. The van der Waals surface area contributed by atoms with E-state index in [1.54, 1.807) is 0 Å². The number of halogens is 1. The third-order valence-corrected chi connectivity index (χ3v) is 5.87. The average molecular weight is 448 g/mol. The Morgan fingerprint density at radius 3 is 2.58 bits per heavy atom. The maximum absolute atomic E-state index is 12.1. The van der Waals surface area contributed by atoms with Gasteiger partial charge in [-0.3, -0.25) is 4.79 Å². The first kappa shape index (κ1) is 19.8. The van der Waals surface area contributed by atoms with Crippen LogP contribution in [-0.4, -0.2) is 49.5 Å². The molecule has 2 bridgehead atoms. The molecule has 3 rings (SSSR count). The van der Waals surface area contributed by atoms with Crippen LogP contribution in [-0.2, 0) is 4.79 Å². The van der Waals surface area contributed by atoms with Crippen LogP contribution >= 0.6 is 24.0 Å². The topological polar surface area (TPSA) is 56.7 Å². The lowest BCUT2D eigenvalue weighted by molar-refractivity contribution is -0.128. The summed E-state index contributed by atoms with van der Waals surface area (Å²) in [7, 11) is 0. The fourth-order valence-electron chi connectivity index (χ4n) is 4.66. The van der Waals surface area contributed by atoms with Gasteiger partial charge in [0.15, 0.2) is 5.96 Å². The smallest absolute Gasteiger partial charge is 0.244 e. The van der Waals surface area contributed by atoms with E-state index in [4.69, 9.17) is 0 Å². The number of fused-ring (bicyclic) bond motifs is 2. The molecule has 2 N–H and O–H groups in total. The van der Waals surface area contributed by atoms with Gasteiger partial charge in [0.2, 0.25) is 5.91 Å². The number of hydrogen-bond acceptors (Lipinski definition) is 2. The summed E-state index contributed by atoms with van der Waals surface area (Å²) in [5.41, 5.74) is 0. The Kier molecular flexibility index (Phi) is 8.10. The third kappa shape index (κ3) is 5.23. The van der Waals surface area contributed by atoms with E-state index in [0.717, 1.165) is 62.7 Å². The zero-order valence-corrected chi connectivity index (χ0v) is 17.3. The first-order valence-electron chi connectivity index (χ1n) is 9.56. The largest absolute Gasteiger partial charge is 0.357 e. The number of carbonyl (C=O) groups is 1. The summed E-state index contributed by atoms with van der Waals surface area (Å²) in [5, 5.41) is 6.68. The summed E-state index contributed by atoms with van der Waals surface area (Å²) in [4.78, 5) is 18.5. The first-order valence-corrected chi connectivity index (χ1v) is 9.56. The molecule has 1 saturated heterocycles. The number of amides is 1. The highest BCUT2D eigenvalue weighted by Crippen LogP contribution is 2.49. The van der Waals surface area contributed by atoms with E-state index in [0.29, 0.717) is 0 Å². The van der Waals surface area contributed by atoms with Gasteiger partial charge in [-0.1, -0.05) is 6.42 Å². The van der Waals surface area contributed by atoms with Crippen LogP contribution in [0.5, 0.6) is 0 Å². The van der Waals surface area contributed by atoms with Crippen LogP contribution < -0.4 is 10.6 Å². The van der Waals surface area contributed by atoms with E-state index in [2.05, 4.69) is 22.5 Å². The van der Waals surface area contributed by atoms with Gasteiger partial charge >= 0.3 is 0 Å². The number of hydrogen-bond donors (Lipinski definition) is 2. The normalized spacial score (nSPS) is 28.8. The lowest BCUT2D eigenvalue weighted by Crippen LogP contribution is -2.39. The molecule has 0 aromatic heterocycles. The van der Waals surface area contributed by atoms with Gasteiger partial charge in [0.05, 0.1) is 0 Å². The van der Waals surface area contributed by atoms with E-state index < -0.39 is 0 Å². The Labute approximate surface area is 163 Å². The molecule has 2 aliphatic carbocycles. The summed E-state index contributed by atoms with van der Waals surface area (Å²) in [6.45, 7) is 5.94. The molecule has 1 amide bonds. The van der Waals surface area contributed by atoms with Crippen LogP contribution in [0.15, 0.2) is 4.99 Å². The molecular weight excluding hydrogens is 415 g/mol. The predicted molar refractivity (Wildman–Crippen MR) is 109 cm³/mol. The van der Waals surface area contributed by atoms with E-state index in [9.17, 15) is 4.79 Å². The first-order chi connectivity index (χ1) is 11.3. The van der Waals surface area contributed by atoms with Gasteiger partial charge in [0.1, 0.15) is 6.54 Å². The molecule has 0 aromatic rings. The van der Waals surface area contributed by atoms with Crippen LogP contribution in [0.3, 0.4) is 0 Å². The minimum absolute atomic E-state index is 0. The second kappa shape index (κ2) is 9.82. The quantitative estimate of drug-likeness (QED) is 0.373. The van der Waals surface area contributed by atoms with Gasteiger partial charge in [-0.25, -0.2) is 4.99 Å². The highest BCUT2D eigenvalue weighted by atomic mass is 127. The molecule has 2 saturated carbocycles. The summed E-state index contributed by atoms with van der Waals surface area (Å²) >= 11 is 0. The van der Waals surface area contributed by atoms with Gasteiger partial charge in [-0.2, -0.15) is 0 Å². The standard InChI is InChI=1S/C18H32N4O.HI/c1-2-19-18(21-13-17(23)22-9-3-4-10-22)20-8-7-16-12-14-5-6-15(16)11-14;/h14-16H,2-13H2,1H3,(H2,19,20,21);1H. The van der Waals surface area contributed by atoms with Crippen molar-refractivity contribution in [3.05, 3.63) is 0 Å². The fourth-order valence-corrected chi connectivity index (χ4v) is 4.66. The van der Waals surface area contributed by atoms with Crippen molar-refractivity contribution in [2.24, 2.45) is 22.7 Å². The molecule has 5 nitrogen and oxygen atoms in total. The van der Waals surface area contributed by atoms with Gasteiger partial charge in [-0.05, 0) is 63.2 Å². The van der Waals surface area contributed by atoms with Crippen molar-refractivity contribution in [1.29, 1.82) is 0 Å². The van der Waals surface area contributed by atoms with Crippen LogP contribution in [0.2, 0.25) is 0 Å². The Morgan fingerprint density at radius 1 is 1.17 bits per heavy atom. The number of guanidine groups is 1. The SMILES string of the molecule is CCNC(=NCC(=O)N1CCCC1)NCCC1CC2CCC1C2.I. The summed E-state index contributed by atoms with van der Waals surface area (Å²) < 4.78 is 0. The van der Waals surface area contributed by atoms with Crippen molar-refractivity contribution in [3.63, 3.8) is 0 Å². The van der Waals surface area contributed by atoms with Gasteiger partial charge < -0.3 is 15.5 Å².